The Morgan fingerprint density at radius 1 is 1.50 bits per heavy atom. The molecule has 0 bridgehead atoms. The maximum atomic E-state index is 13.9. The van der Waals surface area contributed by atoms with Crippen LogP contribution < -0.4 is 10.5 Å². The fourth-order valence-corrected chi connectivity index (χ4v) is 2.51. The molecule has 0 amide bonds. The first-order valence-corrected chi connectivity index (χ1v) is 6.36. The second kappa shape index (κ2) is 4.85. The zero-order chi connectivity index (χ0) is 14.1. The molecule has 1 unspecified atom stereocenters. The lowest BCUT2D eigenvalue weighted by Crippen LogP contribution is -2.14. The zero-order valence-electron chi connectivity index (χ0n) is 10.7. The number of aromatic nitrogens is 2. The lowest BCUT2D eigenvalue weighted by atomic mass is 10.0. The number of rotatable bonds is 1. The molecule has 20 heavy (non-hydrogen) atoms. The highest BCUT2D eigenvalue weighted by molar-refractivity contribution is 5.49. The van der Waals surface area contributed by atoms with E-state index in [4.69, 9.17) is 15.7 Å². The van der Waals surface area contributed by atoms with Crippen molar-refractivity contribution < 1.29 is 9.13 Å². The SMILES string of the molecule is N#Cc1cnn(C2CCCOc3c(F)cccc32)c1N. The first kappa shape index (κ1) is 12.5. The van der Waals surface area contributed by atoms with Gasteiger partial charge in [0.1, 0.15) is 17.5 Å². The summed E-state index contributed by atoms with van der Waals surface area (Å²) in [6.45, 7) is 0.455. The van der Waals surface area contributed by atoms with Crippen molar-refractivity contribution in [3.05, 3.63) is 41.3 Å². The second-order valence-corrected chi connectivity index (χ2v) is 4.66. The third-order valence-corrected chi connectivity index (χ3v) is 3.47. The molecule has 1 aromatic carbocycles. The van der Waals surface area contributed by atoms with Crippen LogP contribution in [0.25, 0.3) is 0 Å². The van der Waals surface area contributed by atoms with Crippen LogP contribution in [0.4, 0.5) is 10.2 Å². The summed E-state index contributed by atoms with van der Waals surface area (Å²) >= 11 is 0. The molecule has 1 aromatic heterocycles. The van der Waals surface area contributed by atoms with E-state index in [0.29, 0.717) is 23.6 Å². The number of nitrogens with two attached hydrogens (primary N) is 1. The van der Waals surface area contributed by atoms with Gasteiger partial charge in [-0.2, -0.15) is 10.4 Å². The highest BCUT2D eigenvalue weighted by atomic mass is 19.1. The van der Waals surface area contributed by atoms with Crippen LogP contribution in [0.15, 0.2) is 24.4 Å². The number of nitrogen functional groups attached to an aromatic ring is 1. The molecule has 2 heterocycles. The van der Waals surface area contributed by atoms with E-state index < -0.39 is 0 Å². The average Bonchev–Trinajstić information content (AvgIpc) is 2.69. The number of benzene rings is 1. The van der Waals surface area contributed by atoms with Crippen LogP contribution in [0.2, 0.25) is 0 Å². The van der Waals surface area contributed by atoms with E-state index >= 15 is 0 Å². The van der Waals surface area contributed by atoms with Gasteiger partial charge in [0.05, 0.1) is 18.8 Å². The van der Waals surface area contributed by atoms with Crippen molar-refractivity contribution in [3.63, 3.8) is 0 Å². The van der Waals surface area contributed by atoms with Crippen molar-refractivity contribution in [2.75, 3.05) is 12.3 Å². The van der Waals surface area contributed by atoms with Gasteiger partial charge in [-0.3, -0.25) is 0 Å². The van der Waals surface area contributed by atoms with Crippen molar-refractivity contribution in [2.45, 2.75) is 18.9 Å². The van der Waals surface area contributed by atoms with Crippen LogP contribution in [-0.2, 0) is 0 Å². The Kier molecular flexibility index (Phi) is 3.03. The summed E-state index contributed by atoms with van der Waals surface area (Å²) in [5, 5.41) is 13.1. The molecule has 2 aromatic rings. The molecule has 0 saturated heterocycles. The minimum absolute atomic E-state index is 0.217. The van der Waals surface area contributed by atoms with Gasteiger partial charge in [-0.25, -0.2) is 9.07 Å². The van der Waals surface area contributed by atoms with E-state index in [1.165, 1.54) is 12.3 Å². The Bertz CT molecular complexity index is 689. The van der Waals surface area contributed by atoms with Gasteiger partial charge in [0.25, 0.3) is 0 Å². The topological polar surface area (TPSA) is 76.9 Å². The molecule has 0 aliphatic carbocycles. The van der Waals surface area contributed by atoms with Crippen LogP contribution >= 0.6 is 0 Å². The zero-order valence-corrected chi connectivity index (χ0v) is 10.7. The summed E-state index contributed by atoms with van der Waals surface area (Å²) in [5.41, 5.74) is 6.97. The minimum Gasteiger partial charge on any atom is -0.490 e. The molecule has 3 rings (SSSR count). The summed E-state index contributed by atoms with van der Waals surface area (Å²) in [5.74, 6) is 0.165. The van der Waals surface area contributed by atoms with Crippen LogP contribution in [0, 0.1) is 17.1 Å². The van der Waals surface area contributed by atoms with Crippen molar-refractivity contribution in [1.82, 2.24) is 9.78 Å². The van der Waals surface area contributed by atoms with Gasteiger partial charge < -0.3 is 10.5 Å². The molecule has 0 radical (unpaired) electrons. The Labute approximate surface area is 115 Å². The standard InChI is InChI=1S/C14H13FN4O/c15-11-4-1-3-10-12(5-2-6-20-13(10)11)19-14(17)9(7-16)8-18-19/h1,3-4,8,12H,2,5-6,17H2. The lowest BCUT2D eigenvalue weighted by molar-refractivity contribution is 0.300. The third-order valence-electron chi connectivity index (χ3n) is 3.47. The Morgan fingerprint density at radius 3 is 3.10 bits per heavy atom. The summed E-state index contributed by atoms with van der Waals surface area (Å²) < 4.78 is 20.9. The van der Waals surface area contributed by atoms with Gasteiger partial charge in [0, 0.05) is 5.56 Å². The predicted molar refractivity (Wildman–Crippen MR) is 70.6 cm³/mol. The molecule has 0 fully saturated rings. The molecule has 1 aliphatic rings. The van der Waals surface area contributed by atoms with Gasteiger partial charge in [-0.15, -0.1) is 0 Å². The maximum absolute atomic E-state index is 13.9. The number of nitriles is 1. The quantitative estimate of drug-likeness (QED) is 0.863. The van der Waals surface area contributed by atoms with E-state index in [1.807, 2.05) is 12.1 Å². The Hall–Kier alpha value is -2.55. The predicted octanol–water partition coefficient (Wildman–Crippen LogP) is 2.24. The van der Waals surface area contributed by atoms with Gasteiger partial charge in [0.2, 0.25) is 0 Å². The molecule has 102 valence electrons. The van der Waals surface area contributed by atoms with E-state index in [1.54, 1.807) is 10.7 Å². The number of hydrogen-bond donors (Lipinski definition) is 1. The number of nitrogens with zero attached hydrogens (tertiary/aromatic N) is 3. The van der Waals surface area contributed by atoms with Crippen molar-refractivity contribution in [3.8, 4) is 11.8 Å². The van der Waals surface area contributed by atoms with E-state index in [9.17, 15) is 4.39 Å². The molecule has 6 heteroatoms. The smallest absolute Gasteiger partial charge is 0.165 e. The van der Waals surface area contributed by atoms with E-state index in [-0.39, 0.29) is 17.6 Å². The van der Waals surface area contributed by atoms with Crippen LogP contribution in [-0.4, -0.2) is 16.4 Å². The Balaban J connectivity index is 2.13. The highest BCUT2D eigenvalue weighted by Crippen LogP contribution is 2.37. The van der Waals surface area contributed by atoms with Crippen LogP contribution in [0.1, 0.15) is 30.0 Å². The summed E-state index contributed by atoms with van der Waals surface area (Å²) in [6.07, 6.45) is 2.92. The number of ether oxygens (including phenoxy) is 1. The van der Waals surface area contributed by atoms with Crippen LogP contribution in [0.5, 0.6) is 5.75 Å². The molecule has 1 atom stereocenters. The van der Waals surface area contributed by atoms with Gasteiger partial charge in [0.15, 0.2) is 11.6 Å². The molecule has 0 spiro atoms. The monoisotopic (exact) mass is 272 g/mol. The van der Waals surface area contributed by atoms with E-state index in [2.05, 4.69) is 5.10 Å². The average molecular weight is 272 g/mol. The number of halogens is 1. The van der Waals surface area contributed by atoms with Crippen LogP contribution in [0.3, 0.4) is 0 Å². The van der Waals surface area contributed by atoms with Crippen molar-refractivity contribution >= 4 is 5.82 Å². The lowest BCUT2D eigenvalue weighted by Gasteiger charge is -2.18. The fraction of sp³-hybridized carbons (Fsp3) is 0.286. The molecule has 1 aliphatic heterocycles. The molecular weight excluding hydrogens is 259 g/mol. The van der Waals surface area contributed by atoms with E-state index in [0.717, 1.165) is 12.8 Å². The highest BCUT2D eigenvalue weighted by Gasteiger charge is 2.26. The van der Waals surface area contributed by atoms with Gasteiger partial charge in [-0.1, -0.05) is 12.1 Å². The first-order valence-electron chi connectivity index (χ1n) is 6.36. The molecule has 5 nitrogen and oxygen atoms in total. The number of hydrogen-bond acceptors (Lipinski definition) is 4. The van der Waals surface area contributed by atoms with Crippen molar-refractivity contribution in [1.29, 1.82) is 5.26 Å². The second-order valence-electron chi connectivity index (χ2n) is 4.66. The fourth-order valence-electron chi connectivity index (χ4n) is 2.51. The summed E-state index contributed by atoms with van der Waals surface area (Å²) in [4.78, 5) is 0. The van der Waals surface area contributed by atoms with Gasteiger partial charge in [-0.05, 0) is 18.9 Å². The Morgan fingerprint density at radius 2 is 2.35 bits per heavy atom. The maximum Gasteiger partial charge on any atom is 0.165 e. The molecule has 0 saturated carbocycles. The normalized spacial score (nSPS) is 17.7. The number of fused-ring (bicyclic) bond motifs is 1. The molecular formula is C14H13FN4O. The number of para-hydroxylation sites is 1. The van der Waals surface area contributed by atoms with Crippen molar-refractivity contribution in [2.24, 2.45) is 0 Å². The molecule has 2 N–H and O–H groups in total. The largest absolute Gasteiger partial charge is 0.490 e. The van der Waals surface area contributed by atoms with Gasteiger partial charge >= 0.3 is 0 Å². The summed E-state index contributed by atoms with van der Waals surface area (Å²) in [6, 6.07) is 6.59. The number of anilines is 1. The first-order chi connectivity index (χ1) is 9.72. The summed E-state index contributed by atoms with van der Waals surface area (Å²) in [7, 11) is 0. The third kappa shape index (κ3) is 1.88. The minimum atomic E-state index is -0.388.